The van der Waals surface area contributed by atoms with Crippen LogP contribution in [-0.4, -0.2) is 111 Å². The number of carboxylic acid groups (broad SMARTS) is 1. The molecule has 0 unspecified atom stereocenters. The molecule has 7 atom stereocenters. The van der Waals surface area contributed by atoms with Gasteiger partial charge in [0.15, 0.2) is 0 Å². The van der Waals surface area contributed by atoms with Gasteiger partial charge in [0, 0.05) is 25.0 Å². The van der Waals surface area contributed by atoms with Crippen LogP contribution in [0.1, 0.15) is 86.5 Å². The Morgan fingerprint density at radius 3 is 2.42 bits per heavy atom. The number of hydrogen-bond donors (Lipinski definition) is 3. The molecule has 1 saturated heterocycles. The number of hydrogen-bond acceptors (Lipinski definition) is 10. The molecule has 0 radical (unpaired) electrons. The van der Waals surface area contributed by atoms with Crippen molar-refractivity contribution in [3.8, 4) is 5.88 Å². The van der Waals surface area contributed by atoms with Gasteiger partial charge in [0.1, 0.15) is 23.7 Å². The number of carbonyl (C=O) groups excluding carboxylic acids is 3. The molecule has 2 aliphatic heterocycles. The molecule has 312 valence electrons. The molecule has 4 aliphatic rings. The second kappa shape index (κ2) is 15.7. The number of sulfonamides is 1. The van der Waals surface area contributed by atoms with E-state index in [-0.39, 0.29) is 49.9 Å². The molecule has 3 N–H and O–H groups in total. The highest BCUT2D eigenvalue weighted by Gasteiger charge is 2.63. The third kappa shape index (κ3) is 8.41. The molecule has 3 heterocycles. The lowest BCUT2D eigenvalue weighted by Gasteiger charge is -2.43. The van der Waals surface area contributed by atoms with E-state index in [0.717, 1.165) is 4.90 Å². The van der Waals surface area contributed by atoms with Gasteiger partial charge in [0.25, 0.3) is 11.5 Å². The number of carbonyl (C=O) groups is 4. The van der Waals surface area contributed by atoms with Gasteiger partial charge in [0.2, 0.25) is 27.7 Å². The van der Waals surface area contributed by atoms with Gasteiger partial charge in [-0.05, 0) is 90.2 Å². The largest absolute Gasteiger partial charge is 0.471 e. The summed E-state index contributed by atoms with van der Waals surface area (Å²) in [6.07, 6.45) is 4.38. The molecule has 0 spiro atoms. The fourth-order valence-electron chi connectivity index (χ4n) is 8.34. The maximum atomic E-state index is 15.1. The fraction of sp³-hybridized carbons (Fsp3) is 0.650. The van der Waals surface area contributed by atoms with Crippen LogP contribution in [0.25, 0.3) is 10.8 Å². The summed E-state index contributed by atoms with van der Waals surface area (Å²) in [7, 11) is -2.54. The van der Waals surface area contributed by atoms with E-state index in [2.05, 4.69) is 15.1 Å². The first-order valence-electron chi connectivity index (χ1n) is 19.8. The summed E-state index contributed by atoms with van der Waals surface area (Å²) in [5.74, 6) is -2.92. The number of nitrogens with one attached hydrogen (secondary N) is 2. The maximum absolute atomic E-state index is 15.1. The summed E-state index contributed by atoms with van der Waals surface area (Å²) in [4.78, 5) is 72.5. The number of nitrogens with zero attached hydrogens (tertiary/aromatic N) is 4. The van der Waals surface area contributed by atoms with Gasteiger partial charge in [0.05, 0.1) is 35.2 Å². The van der Waals surface area contributed by atoms with E-state index >= 15 is 4.79 Å². The average molecular weight is 813 g/mol. The van der Waals surface area contributed by atoms with Crippen LogP contribution in [0, 0.1) is 17.8 Å². The topological polar surface area (TPSA) is 207 Å². The van der Waals surface area contributed by atoms with Crippen molar-refractivity contribution in [1.29, 1.82) is 0 Å². The number of allylic oxidation sites excluding steroid dienone is 1. The number of aromatic nitrogens is 2. The minimum absolute atomic E-state index is 0.0700. The molecule has 16 nitrogen and oxygen atoms in total. The Labute approximate surface area is 333 Å². The third-order valence-electron chi connectivity index (χ3n) is 12.0. The highest BCUT2D eigenvalue weighted by Crippen LogP contribution is 2.48. The molecular formula is C40H56N6O10S. The molecule has 2 aromatic rings. The first-order chi connectivity index (χ1) is 26.7. The van der Waals surface area contributed by atoms with Gasteiger partial charge in [-0.1, -0.05) is 38.1 Å². The van der Waals surface area contributed by atoms with Gasteiger partial charge in [-0.2, -0.15) is 0 Å². The lowest BCUT2D eigenvalue weighted by Crippen LogP contribution is -2.62. The SMILES string of the molecule is COCCn1nc(O[C@@H]2C[C@H]3C(=O)N[C@]4(C(=O)NS(=O)(=O)C5(C)CC5)C[C@H]4C=CCC[C@H](C)C[C@@H](C)[C@H](N(C(=O)O)C(C)(C)C)C(=O)N3C2)c2ccccc2c1=O. The summed E-state index contributed by atoms with van der Waals surface area (Å²) in [6, 6.07) is 4.37. The average Bonchev–Trinajstić information content (AvgIpc) is 4.01. The molecule has 17 heteroatoms. The summed E-state index contributed by atoms with van der Waals surface area (Å²) in [5, 5.41) is 18.8. The van der Waals surface area contributed by atoms with Crippen LogP contribution in [0.2, 0.25) is 0 Å². The van der Waals surface area contributed by atoms with Crippen molar-refractivity contribution in [3.63, 3.8) is 0 Å². The van der Waals surface area contributed by atoms with E-state index in [0.29, 0.717) is 42.9 Å². The molecule has 4 amide bonds. The molecule has 2 aliphatic carbocycles. The third-order valence-corrected chi connectivity index (χ3v) is 14.2. The fourth-order valence-corrected chi connectivity index (χ4v) is 9.66. The Morgan fingerprint density at radius 2 is 1.79 bits per heavy atom. The molecule has 3 fully saturated rings. The first-order valence-corrected chi connectivity index (χ1v) is 21.2. The summed E-state index contributed by atoms with van der Waals surface area (Å²) >= 11 is 0. The summed E-state index contributed by atoms with van der Waals surface area (Å²) in [6.45, 7) is 10.8. The van der Waals surface area contributed by atoms with Crippen LogP contribution in [0.3, 0.4) is 0 Å². The molecule has 1 aromatic carbocycles. The Balaban J connectivity index is 1.41. The van der Waals surface area contributed by atoms with Crippen molar-refractivity contribution in [3.05, 3.63) is 46.8 Å². The number of methoxy groups -OCH3 is 1. The van der Waals surface area contributed by atoms with E-state index in [1.165, 1.54) is 16.7 Å². The predicted octanol–water partition coefficient (Wildman–Crippen LogP) is 3.42. The maximum Gasteiger partial charge on any atom is 0.408 e. The monoisotopic (exact) mass is 812 g/mol. The smallest absolute Gasteiger partial charge is 0.408 e. The van der Waals surface area contributed by atoms with E-state index < -0.39 is 79.7 Å². The first kappa shape index (κ1) is 42.1. The van der Waals surface area contributed by atoms with Crippen LogP contribution in [0.5, 0.6) is 5.88 Å². The normalized spacial score (nSPS) is 29.0. The van der Waals surface area contributed by atoms with Gasteiger partial charge >= 0.3 is 6.09 Å². The van der Waals surface area contributed by atoms with Gasteiger partial charge in [-0.25, -0.2) is 17.9 Å². The quantitative estimate of drug-likeness (QED) is 0.313. The van der Waals surface area contributed by atoms with Crippen molar-refractivity contribution < 1.29 is 42.2 Å². The summed E-state index contributed by atoms with van der Waals surface area (Å²) in [5.41, 5.74) is -2.94. The minimum Gasteiger partial charge on any atom is -0.471 e. The number of fused-ring (bicyclic) bond motifs is 3. The van der Waals surface area contributed by atoms with Crippen molar-refractivity contribution in [2.24, 2.45) is 17.8 Å². The van der Waals surface area contributed by atoms with Gasteiger partial charge in [-0.3, -0.25) is 28.8 Å². The van der Waals surface area contributed by atoms with E-state index in [1.54, 1.807) is 52.0 Å². The number of benzene rings is 1. The molecular weight excluding hydrogens is 757 g/mol. The minimum atomic E-state index is -4.04. The Hall–Kier alpha value is -4.51. The van der Waals surface area contributed by atoms with Crippen LogP contribution >= 0.6 is 0 Å². The zero-order valence-electron chi connectivity index (χ0n) is 33.8. The summed E-state index contributed by atoms with van der Waals surface area (Å²) < 4.78 is 40.6. The molecule has 2 saturated carbocycles. The van der Waals surface area contributed by atoms with Crippen molar-refractivity contribution in [2.75, 3.05) is 20.3 Å². The molecule has 0 bridgehead atoms. The van der Waals surface area contributed by atoms with Gasteiger partial charge in [-0.15, -0.1) is 5.10 Å². The second-order valence-corrected chi connectivity index (χ2v) is 19.8. The van der Waals surface area contributed by atoms with Crippen molar-refractivity contribution >= 4 is 44.6 Å². The predicted molar refractivity (Wildman–Crippen MR) is 211 cm³/mol. The Kier molecular flexibility index (Phi) is 11.6. The zero-order chi connectivity index (χ0) is 41.7. The highest BCUT2D eigenvalue weighted by molar-refractivity contribution is 7.91. The van der Waals surface area contributed by atoms with Crippen LogP contribution < -0.4 is 20.3 Å². The lowest BCUT2D eigenvalue weighted by atomic mass is 9.85. The van der Waals surface area contributed by atoms with Crippen molar-refractivity contribution in [1.82, 2.24) is 29.6 Å². The van der Waals surface area contributed by atoms with Crippen LogP contribution in [0.15, 0.2) is 41.2 Å². The van der Waals surface area contributed by atoms with Crippen molar-refractivity contribution in [2.45, 2.75) is 127 Å². The Morgan fingerprint density at radius 1 is 1.11 bits per heavy atom. The van der Waals surface area contributed by atoms with E-state index in [4.69, 9.17) is 9.47 Å². The van der Waals surface area contributed by atoms with E-state index in [9.17, 15) is 32.7 Å². The highest BCUT2D eigenvalue weighted by atomic mass is 32.2. The van der Waals surface area contributed by atoms with Crippen LogP contribution in [0.4, 0.5) is 4.79 Å². The number of amides is 4. The molecule has 6 rings (SSSR count). The molecule has 1 aromatic heterocycles. The van der Waals surface area contributed by atoms with Gasteiger partial charge < -0.3 is 24.8 Å². The van der Waals surface area contributed by atoms with E-state index in [1.807, 2.05) is 26.0 Å². The second-order valence-electron chi connectivity index (χ2n) is 17.6. The number of ether oxygens (including phenoxy) is 2. The Bertz CT molecular complexity index is 2110. The lowest BCUT2D eigenvalue weighted by molar-refractivity contribution is -0.146. The number of rotatable bonds is 9. The zero-order valence-corrected chi connectivity index (χ0v) is 34.6. The standard InChI is InChI=1S/C40H56N6O10S/c1-24-12-8-9-13-26-22-40(26,36(50)43-57(53,54)39(6)16-17-39)41-32(47)30-21-27(23-44(30)35(49)31(25(2)20-24)46(37(51)52)38(3,4)5)56-33-28-14-10-11-15-29(28)34(48)45(42-33)18-19-55-7/h9-11,13-15,24-27,30-31H,8,12,16-23H2,1-7H3,(H,41,47)(H,43,50)(H,51,52)/t24-,25+,26+,27+,30-,31-,40+/m0/s1. The molecule has 57 heavy (non-hydrogen) atoms. The van der Waals surface area contributed by atoms with Crippen LogP contribution in [-0.2, 0) is 35.7 Å².